The number of ether oxygens (including phenoxy) is 2. The van der Waals surface area contributed by atoms with Crippen LogP contribution in [0.15, 0.2) is 46.9 Å². The molecule has 1 N–H and O–H groups in total. The molecule has 3 amide bonds. The van der Waals surface area contributed by atoms with Gasteiger partial charge in [-0.2, -0.15) is 0 Å². The van der Waals surface area contributed by atoms with Crippen molar-refractivity contribution in [3.63, 3.8) is 0 Å². The number of carbonyl (C=O) groups is 3. The second-order valence-corrected chi connectivity index (χ2v) is 8.31. The number of halogens is 1. The van der Waals surface area contributed by atoms with Gasteiger partial charge in [-0.25, -0.2) is 4.79 Å². The normalized spacial score (nSPS) is 20.4. The minimum absolute atomic E-state index is 0.0482. The maximum atomic E-state index is 13.2. The number of Topliss-reactive ketones (excluding diaryl/α,β-unsaturated/α-hetero) is 1. The molecule has 2 aromatic carbocycles. The lowest BCUT2D eigenvalue weighted by molar-refractivity contribution is -0.130. The van der Waals surface area contributed by atoms with Crippen LogP contribution in [0.25, 0.3) is 11.0 Å². The van der Waals surface area contributed by atoms with Gasteiger partial charge < -0.3 is 19.2 Å². The molecule has 9 heteroatoms. The van der Waals surface area contributed by atoms with Crippen molar-refractivity contribution in [2.45, 2.75) is 18.9 Å². The van der Waals surface area contributed by atoms with Crippen LogP contribution in [0, 0.1) is 0 Å². The first kappa shape index (κ1) is 20.4. The molecule has 1 saturated heterocycles. The molecule has 0 radical (unpaired) electrons. The van der Waals surface area contributed by atoms with Gasteiger partial charge in [-0.15, -0.1) is 0 Å². The zero-order valence-corrected chi connectivity index (χ0v) is 17.9. The summed E-state index contributed by atoms with van der Waals surface area (Å²) < 4.78 is 16.9. The average Bonchev–Trinajstić information content (AvgIpc) is 3.16. The van der Waals surface area contributed by atoms with E-state index >= 15 is 0 Å². The van der Waals surface area contributed by atoms with E-state index in [1.807, 2.05) is 0 Å². The molecule has 8 nitrogen and oxygen atoms in total. The van der Waals surface area contributed by atoms with Crippen molar-refractivity contribution in [1.29, 1.82) is 0 Å². The first-order chi connectivity index (χ1) is 15.3. The number of carbonyl (C=O) groups excluding carboxylic acids is 3. The lowest BCUT2D eigenvalue weighted by atomic mass is 9.91. The van der Waals surface area contributed by atoms with Crippen LogP contribution in [-0.2, 0) is 10.3 Å². The SMILES string of the molecule is C[C@]1(c2ccc3c(c2)OCCCO3)NC(=O)N(CC(=O)c2cc3cc(Cl)ccc3o2)C1=O. The second kappa shape index (κ2) is 7.56. The second-order valence-electron chi connectivity index (χ2n) is 7.87. The topological polar surface area (TPSA) is 98.1 Å². The minimum atomic E-state index is -1.34. The molecule has 1 aromatic heterocycles. The first-order valence-corrected chi connectivity index (χ1v) is 10.5. The summed E-state index contributed by atoms with van der Waals surface area (Å²) in [5.41, 5.74) is -0.316. The highest BCUT2D eigenvalue weighted by Gasteiger charge is 2.50. The van der Waals surface area contributed by atoms with Gasteiger partial charge in [0, 0.05) is 16.8 Å². The number of rotatable bonds is 4. The number of nitrogens with one attached hydrogen (secondary N) is 1. The Bertz CT molecular complexity index is 1270. The van der Waals surface area contributed by atoms with Crippen molar-refractivity contribution in [2.75, 3.05) is 19.8 Å². The van der Waals surface area contributed by atoms with Gasteiger partial charge in [0.1, 0.15) is 11.1 Å². The van der Waals surface area contributed by atoms with Crippen LogP contribution in [0.4, 0.5) is 4.79 Å². The van der Waals surface area contributed by atoms with Crippen molar-refractivity contribution >= 4 is 40.3 Å². The van der Waals surface area contributed by atoms with Gasteiger partial charge >= 0.3 is 6.03 Å². The number of ketones is 1. The molecular formula is C23H19ClN2O6. The van der Waals surface area contributed by atoms with E-state index in [-0.39, 0.29) is 5.76 Å². The fraction of sp³-hybridized carbons (Fsp3) is 0.261. The van der Waals surface area contributed by atoms with Gasteiger partial charge in [-0.3, -0.25) is 14.5 Å². The Labute approximate surface area is 188 Å². The molecule has 0 bridgehead atoms. The number of urea groups is 1. The Morgan fingerprint density at radius 1 is 1.09 bits per heavy atom. The van der Waals surface area contributed by atoms with Crippen LogP contribution < -0.4 is 14.8 Å². The highest BCUT2D eigenvalue weighted by molar-refractivity contribution is 6.31. The van der Waals surface area contributed by atoms with Crippen LogP contribution >= 0.6 is 11.6 Å². The molecule has 0 aliphatic carbocycles. The van der Waals surface area contributed by atoms with Crippen LogP contribution in [0.2, 0.25) is 5.02 Å². The molecule has 0 spiro atoms. The van der Waals surface area contributed by atoms with E-state index in [1.165, 1.54) is 0 Å². The molecule has 5 rings (SSSR count). The van der Waals surface area contributed by atoms with Crippen molar-refractivity contribution in [3.8, 4) is 11.5 Å². The first-order valence-electron chi connectivity index (χ1n) is 10.1. The Hall–Kier alpha value is -3.52. The Kier molecular flexibility index (Phi) is 4.82. The van der Waals surface area contributed by atoms with E-state index < -0.39 is 29.8 Å². The Morgan fingerprint density at radius 3 is 2.69 bits per heavy atom. The average molecular weight is 455 g/mol. The van der Waals surface area contributed by atoms with Gasteiger partial charge in [-0.05, 0) is 48.9 Å². The van der Waals surface area contributed by atoms with E-state index in [1.54, 1.807) is 49.4 Å². The fourth-order valence-corrected chi connectivity index (χ4v) is 4.06. The number of nitrogens with zero attached hydrogens (tertiary/aromatic N) is 1. The van der Waals surface area contributed by atoms with Crippen LogP contribution in [0.3, 0.4) is 0 Å². The summed E-state index contributed by atoms with van der Waals surface area (Å²) in [5.74, 6) is 0.114. The lowest BCUT2D eigenvalue weighted by Crippen LogP contribution is -2.41. The molecule has 0 saturated carbocycles. The van der Waals surface area contributed by atoms with Crippen LogP contribution in [0.5, 0.6) is 11.5 Å². The van der Waals surface area contributed by atoms with Crippen molar-refractivity contribution in [1.82, 2.24) is 10.2 Å². The fourth-order valence-electron chi connectivity index (χ4n) is 3.88. The van der Waals surface area contributed by atoms with E-state index in [4.69, 9.17) is 25.5 Å². The highest BCUT2D eigenvalue weighted by atomic mass is 35.5. The molecular weight excluding hydrogens is 436 g/mol. The van der Waals surface area contributed by atoms with E-state index in [2.05, 4.69) is 5.32 Å². The third-order valence-electron chi connectivity index (χ3n) is 5.65. The predicted molar refractivity (Wildman–Crippen MR) is 115 cm³/mol. The summed E-state index contributed by atoms with van der Waals surface area (Å²) in [5, 5.41) is 3.87. The molecule has 0 unspecified atom stereocenters. The number of hydrogen-bond acceptors (Lipinski definition) is 6. The number of amides is 3. The molecule has 3 aromatic rings. The summed E-state index contributed by atoms with van der Waals surface area (Å²) >= 11 is 5.98. The highest BCUT2D eigenvalue weighted by Crippen LogP contribution is 2.36. The Morgan fingerprint density at radius 2 is 1.88 bits per heavy atom. The summed E-state index contributed by atoms with van der Waals surface area (Å²) in [6, 6.07) is 11.0. The number of furan rings is 1. The van der Waals surface area contributed by atoms with E-state index in [0.717, 1.165) is 11.3 Å². The Balaban J connectivity index is 1.39. The summed E-state index contributed by atoms with van der Waals surface area (Å²) in [4.78, 5) is 39.5. The maximum absolute atomic E-state index is 13.2. The van der Waals surface area contributed by atoms with E-state index in [0.29, 0.717) is 46.3 Å². The summed E-state index contributed by atoms with van der Waals surface area (Å²) in [6.07, 6.45) is 0.751. The number of benzene rings is 2. The van der Waals surface area contributed by atoms with E-state index in [9.17, 15) is 14.4 Å². The third-order valence-corrected chi connectivity index (χ3v) is 5.89. The number of hydrogen-bond donors (Lipinski definition) is 1. The molecule has 1 fully saturated rings. The number of imide groups is 1. The summed E-state index contributed by atoms with van der Waals surface area (Å²) in [7, 11) is 0. The standard InChI is InChI=1S/C23H19ClN2O6/c1-23(14-3-5-18-20(11-14)31-8-2-7-30-18)21(28)26(22(29)25-23)12-16(27)19-10-13-9-15(24)4-6-17(13)32-19/h3-6,9-11H,2,7-8,12H2,1H3,(H,25,29)/t23-/m1/s1. The largest absolute Gasteiger partial charge is 0.490 e. The summed E-state index contributed by atoms with van der Waals surface area (Å²) in [6.45, 7) is 2.19. The van der Waals surface area contributed by atoms with Crippen LogP contribution in [-0.4, -0.2) is 42.4 Å². The lowest BCUT2D eigenvalue weighted by Gasteiger charge is -2.23. The third kappa shape index (κ3) is 3.36. The van der Waals surface area contributed by atoms with Crippen molar-refractivity contribution in [3.05, 3.63) is 58.8 Å². The van der Waals surface area contributed by atoms with Crippen molar-refractivity contribution in [2.24, 2.45) is 0 Å². The predicted octanol–water partition coefficient (Wildman–Crippen LogP) is 3.90. The van der Waals surface area contributed by atoms with Gasteiger partial charge in [0.2, 0.25) is 5.78 Å². The van der Waals surface area contributed by atoms with Crippen molar-refractivity contribution < 1.29 is 28.3 Å². The van der Waals surface area contributed by atoms with Gasteiger partial charge in [0.05, 0.1) is 19.8 Å². The monoisotopic (exact) mass is 454 g/mol. The zero-order chi connectivity index (χ0) is 22.5. The van der Waals surface area contributed by atoms with Crippen LogP contribution in [0.1, 0.15) is 29.5 Å². The van der Waals surface area contributed by atoms with Gasteiger partial charge in [0.15, 0.2) is 17.3 Å². The quantitative estimate of drug-likeness (QED) is 0.474. The smallest absolute Gasteiger partial charge is 0.325 e. The molecule has 3 heterocycles. The molecule has 2 aliphatic rings. The molecule has 32 heavy (non-hydrogen) atoms. The van der Waals surface area contributed by atoms with Gasteiger partial charge in [-0.1, -0.05) is 17.7 Å². The molecule has 164 valence electrons. The number of fused-ring (bicyclic) bond motifs is 2. The van der Waals surface area contributed by atoms with Gasteiger partial charge in [0.25, 0.3) is 5.91 Å². The zero-order valence-electron chi connectivity index (χ0n) is 17.1. The minimum Gasteiger partial charge on any atom is -0.490 e. The molecule has 2 aliphatic heterocycles. The molecule has 1 atom stereocenters. The maximum Gasteiger partial charge on any atom is 0.325 e.